The zero-order valence-corrected chi connectivity index (χ0v) is 15.8. The average molecular weight is 416 g/mol. The van der Waals surface area contributed by atoms with Gasteiger partial charge in [0.1, 0.15) is 6.54 Å². The number of halogens is 3. The number of aromatic nitrogens is 1. The van der Waals surface area contributed by atoms with E-state index in [1.807, 2.05) is 12.2 Å². The molecule has 1 saturated heterocycles. The SMILES string of the molecule is CCCNC(=O)N1[C@@H]2c3cccc(=O)n3C[C@H]1[C@H](CO)[C@H]2C(=O)NCC(F)(F)F. The fraction of sp³-hybridized carbons (Fsp3) is 0.611. The molecular weight excluding hydrogens is 393 g/mol. The quantitative estimate of drug-likeness (QED) is 0.654. The number of carbonyl (C=O) groups excluding carboxylic acids is 2. The third-order valence-corrected chi connectivity index (χ3v) is 5.45. The van der Waals surface area contributed by atoms with E-state index >= 15 is 0 Å². The summed E-state index contributed by atoms with van der Waals surface area (Å²) in [5.74, 6) is -2.83. The predicted molar refractivity (Wildman–Crippen MR) is 95.9 cm³/mol. The van der Waals surface area contributed by atoms with Gasteiger partial charge in [-0.05, 0) is 12.5 Å². The van der Waals surface area contributed by atoms with Crippen molar-refractivity contribution in [2.45, 2.75) is 38.1 Å². The van der Waals surface area contributed by atoms with Gasteiger partial charge in [0, 0.05) is 37.4 Å². The molecule has 11 heteroatoms. The molecule has 3 N–H and O–H groups in total. The summed E-state index contributed by atoms with van der Waals surface area (Å²) >= 11 is 0. The van der Waals surface area contributed by atoms with Gasteiger partial charge in [0.15, 0.2) is 0 Å². The van der Waals surface area contributed by atoms with Gasteiger partial charge in [0.05, 0.1) is 18.0 Å². The number of alkyl halides is 3. The van der Waals surface area contributed by atoms with Crippen LogP contribution < -0.4 is 16.2 Å². The zero-order chi connectivity index (χ0) is 21.3. The molecule has 2 aliphatic rings. The van der Waals surface area contributed by atoms with Crippen molar-refractivity contribution in [1.82, 2.24) is 20.1 Å². The fourth-order valence-corrected chi connectivity index (χ4v) is 4.26. The highest BCUT2D eigenvalue weighted by Gasteiger charge is 2.57. The number of hydrogen-bond donors (Lipinski definition) is 3. The summed E-state index contributed by atoms with van der Waals surface area (Å²) in [4.78, 5) is 39.2. The summed E-state index contributed by atoms with van der Waals surface area (Å²) in [7, 11) is 0. The van der Waals surface area contributed by atoms with Crippen LogP contribution in [0, 0.1) is 11.8 Å². The van der Waals surface area contributed by atoms with E-state index in [4.69, 9.17) is 0 Å². The van der Waals surface area contributed by atoms with Gasteiger partial charge in [0.25, 0.3) is 5.56 Å². The summed E-state index contributed by atoms with van der Waals surface area (Å²) in [5, 5.41) is 14.5. The number of urea groups is 1. The summed E-state index contributed by atoms with van der Waals surface area (Å²) < 4.78 is 39.2. The monoisotopic (exact) mass is 416 g/mol. The van der Waals surface area contributed by atoms with Crippen LogP contribution in [0.5, 0.6) is 0 Å². The van der Waals surface area contributed by atoms with Crippen LogP contribution in [0.3, 0.4) is 0 Å². The van der Waals surface area contributed by atoms with Gasteiger partial charge in [0.2, 0.25) is 5.91 Å². The van der Waals surface area contributed by atoms with Crippen molar-refractivity contribution in [1.29, 1.82) is 0 Å². The number of amides is 3. The van der Waals surface area contributed by atoms with E-state index in [2.05, 4.69) is 5.32 Å². The van der Waals surface area contributed by atoms with Crippen LogP contribution in [0.1, 0.15) is 25.1 Å². The van der Waals surface area contributed by atoms with Crippen molar-refractivity contribution in [2.24, 2.45) is 11.8 Å². The second kappa shape index (κ2) is 8.05. The molecule has 3 heterocycles. The molecule has 8 nitrogen and oxygen atoms in total. The Bertz CT molecular complexity index is 841. The Hall–Kier alpha value is -2.56. The minimum Gasteiger partial charge on any atom is -0.396 e. The fourth-order valence-electron chi connectivity index (χ4n) is 4.26. The number of pyridine rings is 1. The smallest absolute Gasteiger partial charge is 0.396 e. The standard InChI is InChI=1S/C18H23F3N4O4/c1-2-6-22-17(29)25-12-7-24-11(4-3-5-13(24)27)15(25)14(10(12)8-26)16(28)23-9-18(19,20)21/h3-5,10,12,14-15,26H,2,6-9H2,1H3,(H,22,29)(H,23,28)/t10-,12-,14+,15+/m0/s1. The van der Waals surface area contributed by atoms with Crippen molar-refractivity contribution in [3.63, 3.8) is 0 Å². The maximum Gasteiger partial charge on any atom is 0.405 e. The molecule has 29 heavy (non-hydrogen) atoms. The summed E-state index contributed by atoms with van der Waals surface area (Å²) in [5.41, 5.74) is 0.0302. The molecule has 0 aliphatic carbocycles. The van der Waals surface area contributed by atoms with E-state index in [0.29, 0.717) is 18.7 Å². The van der Waals surface area contributed by atoms with Crippen LogP contribution >= 0.6 is 0 Å². The summed E-state index contributed by atoms with van der Waals surface area (Å²) in [6, 6.07) is 2.26. The lowest BCUT2D eigenvalue weighted by Crippen LogP contribution is -2.52. The first-order chi connectivity index (χ1) is 13.7. The Morgan fingerprint density at radius 1 is 1.28 bits per heavy atom. The molecule has 0 unspecified atom stereocenters. The Kier molecular flexibility index (Phi) is 5.87. The van der Waals surface area contributed by atoms with E-state index in [1.165, 1.54) is 21.6 Å². The normalized spacial score (nSPS) is 25.5. The zero-order valence-electron chi connectivity index (χ0n) is 15.8. The molecule has 0 saturated carbocycles. The maximum atomic E-state index is 12.8. The van der Waals surface area contributed by atoms with Gasteiger partial charge in [-0.3, -0.25) is 9.59 Å². The molecule has 0 aromatic carbocycles. The number of aliphatic hydroxyl groups excluding tert-OH is 1. The number of rotatable bonds is 5. The number of fused-ring (bicyclic) bond motifs is 4. The van der Waals surface area contributed by atoms with Crippen molar-refractivity contribution in [2.75, 3.05) is 19.7 Å². The van der Waals surface area contributed by atoms with Crippen LogP contribution in [-0.4, -0.2) is 58.4 Å². The van der Waals surface area contributed by atoms with Crippen LogP contribution in [0.4, 0.5) is 18.0 Å². The second-order valence-electron chi connectivity index (χ2n) is 7.26. The Morgan fingerprint density at radius 2 is 2.00 bits per heavy atom. The van der Waals surface area contributed by atoms with Gasteiger partial charge >= 0.3 is 12.2 Å². The highest BCUT2D eigenvalue weighted by Crippen LogP contribution is 2.48. The second-order valence-corrected chi connectivity index (χ2v) is 7.26. The van der Waals surface area contributed by atoms with Gasteiger partial charge in [-0.2, -0.15) is 13.2 Å². The third kappa shape index (κ3) is 3.96. The third-order valence-electron chi connectivity index (χ3n) is 5.45. The topological polar surface area (TPSA) is 104 Å². The lowest BCUT2D eigenvalue weighted by molar-refractivity contribution is -0.142. The first-order valence-corrected chi connectivity index (χ1v) is 9.40. The highest BCUT2D eigenvalue weighted by atomic mass is 19.4. The van der Waals surface area contributed by atoms with Crippen LogP contribution in [0.15, 0.2) is 23.0 Å². The number of nitrogens with zero attached hydrogens (tertiary/aromatic N) is 2. The van der Waals surface area contributed by atoms with Gasteiger partial charge in [-0.15, -0.1) is 0 Å². The van der Waals surface area contributed by atoms with Crippen molar-refractivity contribution < 1.29 is 27.9 Å². The molecule has 1 aromatic heterocycles. The van der Waals surface area contributed by atoms with E-state index < -0.39 is 55.2 Å². The van der Waals surface area contributed by atoms with Crippen LogP contribution in [0.2, 0.25) is 0 Å². The molecule has 0 spiro atoms. The van der Waals surface area contributed by atoms with E-state index in [-0.39, 0.29) is 12.1 Å². The van der Waals surface area contributed by atoms with Gasteiger partial charge in [-0.1, -0.05) is 13.0 Å². The lowest BCUT2D eigenvalue weighted by Gasteiger charge is -2.38. The Labute approximate surface area is 164 Å². The molecule has 0 radical (unpaired) electrons. The first kappa shape index (κ1) is 21.2. The molecule has 1 fully saturated rings. The summed E-state index contributed by atoms with van der Waals surface area (Å²) in [6.45, 7) is 0.279. The summed E-state index contributed by atoms with van der Waals surface area (Å²) in [6.07, 6.45) is -3.92. The van der Waals surface area contributed by atoms with Gasteiger partial charge < -0.3 is 25.2 Å². The first-order valence-electron chi connectivity index (χ1n) is 9.40. The molecule has 2 aliphatic heterocycles. The average Bonchev–Trinajstić information content (AvgIpc) is 2.91. The maximum absolute atomic E-state index is 12.8. The van der Waals surface area contributed by atoms with Crippen molar-refractivity contribution in [3.05, 3.63) is 34.2 Å². The number of carbonyl (C=O) groups is 2. The van der Waals surface area contributed by atoms with E-state index in [9.17, 15) is 32.7 Å². The van der Waals surface area contributed by atoms with Crippen LogP contribution in [-0.2, 0) is 11.3 Å². The molecule has 1 aromatic rings. The molecule has 3 rings (SSSR count). The van der Waals surface area contributed by atoms with E-state index in [0.717, 1.165) is 0 Å². The molecule has 160 valence electrons. The minimum absolute atomic E-state index is 0.0549. The lowest BCUT2D eigenvalue weighted by atomic mass is 9.86. The van der Waals surface area contributed by atoms with Crippen molar-refractivity contribution in [3.8, 4) is 0 Å². The molecule has 3 amide bonds. The Balaban J connectivity index is 2.02. The Morgan fingerprint density at radius 3 is 2.62 bits per heavy atom. The number of hydrogen-bond acceptors (Lipinski definition) is 4. The largest absolute Gasteiger partial charge is 0.405 e. The van der Waals surface area contributed by atoms with Gasteiger partial charge in [-0.25, -0.2) is 4.79 Å². The minimum atomic E-state index is -4.59. The molecular formula is C18H23F3N4O4. The highest BCUT2D eigenvalue weighted by molar-refractivity contribution is 5.83. The number of aliphatic hydroxyl groups is 1. The van der Waals surface area contributed by atoms with Crippen LogP contribution in [0.25, 0.3) is 0 Å². The van der Waals surface area contributed by atoms with Crippen molar-refractivity contribution >= 4 is 11.9 Å². The molecule has 2 bridgehead atoms. The molecule has 4 atom stereocenters. The predicted octanol–water partition coefficient (Wildman–Crippen LogP) is 0.610. The van der Waals surface area contributed by atoms with E-state index in [1.54, 1.807) is 6.07 Å². The number of nitrogens with one attached hydrogen (secondary N) is 2.